The highest BCUT2D eigenvalue weighted by Crippen LogP contribution is 2.41. The van der Waals surface area contributed by atoms with Crippen molar-refractivity contribution in [2.45, 2.75) is 30.9 Å². The summed E-state index contributed by atoms with van der Waals surface area (Å²) in [5.74, 6) is 2.19. The molecule has 0 N–H and O–H groups in total. The molecule has 2 saturated heterocycles. The zero-order chi connectivity index (χ0) is 12.6. The number of hydrogen-bond acceptors (Lipinski definition) is 4. The maximum Gasteiger partial charge on any atom is 0.255 e. The molecule has 0 saturated carbocycles. The Labute approximate surface area is 115 Å². The van der Waals surface area contributed by atoms with Crippen LogP contribution in [-0.2, 0) is 4.74 Å². The van der Waals surface area contributed by atoms with Crippen molar-refractivity contribution in [3.63, 3.8) is 0 Å². The zero-order valence-electron chi connectivity index (χ0n) is 9.97. The van der Waals surface area contributed by atoms with E-state index in [1.165, 1.54) is 6.07 Å². The van der Waals surface area contributed by atoms with Gasteiger partial charge in [0.1, 0.15) is 5.15 Å². The van der Waals surface area contributed by atoms with Crippen LogP contribution in [0.2, 0.25) is 5.15 Å². The highest BCUT2D eigenvalue weighted by atomic mass is 35.5. The molecular formula is C12H15ClN2O2S. The molecule has 0 radical (unpaired) electrons. The molecule has 2 aliphatic rings. The smallest absolute Gasteiger partial charge is 0.255 e. The molecule has 0 aliphatic carbocycles. The Morgan fingerprint density at radius 2 is 2.50 bits per heavy atom. The van der Waals surface area contributed by atoms with Crippen LogP contribution in [-0.4, -0.2) is 33.3 Å². The van der Waals surface area contributed by atoms with Gasteiger partial charge in [-0.05, 0) is 25.0 Å². The van der Waals surface area contributed by atoms with Gasteiger partial charge < -0.3 is 4.74 Å². The summed E-state index contributed by atoms with van der Waals surface area (Å²) in [6.07, 6.45) is 4.43. The van der Waals surface area contributed by atoms with Gasteiger partial charge in [-0.25, -0.2) is 4.98 Å². The van der Waals surface area contributed by atoms with Crippen molar-refractivity contribution in [3.8, 4) is 0 Å². The Hall–Kier alpha value is -0.520. The van der Waals surface area contributed by atoms with Crippen LogP contribution in [0.4, 0.5) is 0 Å². The SMILES string of the molecule is O=c1cc(Cl)ncn1C1CCOC2(CCSC2)C1. The van der Waals surface area contributed by atoms with Gasteiger partial charge in [-0.15, -0.1) is 0 Å². The highest BCUT2D eigenvalue weighted by molar-refractivity contribution is 7.99. The third kappa shape index (κ3) is 2.31. The molecule has 2 fully saturated rings. The zero-order valence-corrected chi connectivity index (χ0v) is 11.5. The molecule has 18 heavy (non-hydrogen) atoms. The number of nitrogens with zero attached hydrogens (tertiary/aromatic N) is 2. The average molecular weight is 287 g/mol. The summed E-state index contributed by atoms with van der Waals surface area (Å²) in [5.41, 5.74) is -0.0881. The van der Waals surface area contributed by atoms with Crippen LogP contribution in [0.15, 0.2) is 17.2 Å². The second kappa shape index (κ2) is 4.87. The molecular weight excluding hydrogens is 272 g/mol. The third-order valence-corrected chi connectivity index (χ3v) is 5.16. The molecule has 0 amide bonds. The van der Waals surface area contributed by atoms with Gasteiger partial charge in [-0.2, -0.15) is 11.8 Å². The van der Waals surface area contributed by atoms with E-state index in [2.05, 4.69) is 4.98 Å². The summed E-state index contributed by atoms with van der Waals surface area (Å²) in [6.45, 7) is 0.723. The first-order valence-electron chi connectivity index (χ1n) is 6.14. The predicted octanol–water partition coefficient (Wildman–Crippen LogP) is 2.12. The maximum atomic E-state index is 11.9. The molecule has 98 valence electrons. The normalized spacial score (nSPS) is 31.9. The second-order valence-corrected chi connectivity index (χ2v) is 6.43. The minimum absolute atomic E-state index is 0.0212. The first-order valence-corrected chi connectivity index (χ1v) is 7.67. The highest BCUT2D eigenvalue weighted by Gasteiger charge is 2.41. The molecule has 0 aromatic carbocycles. The fourth-order valence-corrected chi connectivity index (χ4v) is 4.28. The van der Waals surface area contributed by atoms with Gasteiger partial charge in [-0.3, -0.25) is 9.36 Å². The Bertz CT molecular complexity index is 499. The van der Waals surface area contributed by atoms with E-state index >= 15 is 0 Å². The minimum Gasteiger partial charge on any atom is -0.374 e. The van der Waals surface area contributed by atoms with Crippen LogP contribution in [0.1, 0.15) is 25.3 Å². The van der Waals surface area contributed by atoms with Crippen LogP contribution in [0, 0.1) is 0 Å². The van der Waals surface area contributed by atoms with Crippen molar-refractivity contribution in [1.82, 2.24) is 9.55 Å². The van der Waals surface area contributed by atoms with E-state index in [4.69, 9.17) is 16.3 Å². The Morgan fingerprint density at radius 3 is 3.22 bits per heavy atom. The van der Waals surface area contributed by atoms with Crippen LogP contribution < -0.4 is 5.56 Å². The van der Waals surface area contributed by atoms with Gasteiger partial charge in [0, 0.05) is 24.5 Å². The van der Waals surface area contributed by atoms with Gasteiger partial charge in [0.25, 0.3) is 5.56 Å². The lowest BCUT2D eigenvalue weighted by molar-refractivity contribution is -0.0767. The van der Waals surface area contributed by atoms with E-state index in [1.54, 1.807) is 10.9 Å². The van der Waals surface area contributed by atoms with Crippen molar-refractivity contribution in [2.75, 3.05) is 18.1 Å². The van der Waals surface area contributed by atoms with Crippen molar-refractivity contribution in [3.05, 3.63) is 27.9 Å². The molecule has 2 unspecified atom stereocenters. The van der Waals surface area contributed by atoms with Crippen molar-refractivity contribution < 1.29 is 4.74 Å². The molecule has 1 aromatic heterocycles. The average Bonchev–Trinajstić information content (AvgIpc) is 2.77. The van der Waals surface area contributed by atoms with Gasteiger partial charge >= 0.3 is 0 Å². The monoisotopic (exact) mass is 286 g/mol. The standard InChI is InChI=1S/C12H15ClN2O2S/c13-10-5-11(16)15(8-14-10)9-1-3-17-12(6-9)2-4-18-7-12/h5,8-9H,1-4,6-7H2. The summed E-state index contributed by atoms with van der Waals surface area (Å²) in [5, 5.41) is 0.259. The molecule has 1 aromatic rings. The quantitative estimate of drug-likeness (QED) is 0.742. The first kappa shape index (κ1) is 12.5. The van der Waals surface area contributed by atoms with E-state index in [-0.39, 0.29) is 22.4 Å². The van der Waals surface area contributed by atoms with E-state index in [1.807, 2.05) is 11.8 Å². The maximum absolute atomic E-state index is 11.9. The minimum atomic E-state index is -0.0669. The molecule has 0 bridgehead atoms. The fourth-order valence-electron chi connectivity index (χ4n) is 2.76. The number of ether oxygens (including phenoxy) is 1. The molecule has 3 rings (SSSR count). The lowest BCUT2D eigenvalue weighted by Crippen LogP contribution is -2.42. The van der Waals surface area contributed by atoms with Crippen LogP contribution >= 0.6 is 23.4 Å². The summed E-state index contributed by atoms with van der Waals surface area (Å²) in [7, 11) is 0. The van der Waals surface area contributed by atoms with Gasteiger partial charge in [0.15, 0.2) is 0 Å². The Kier molecular flexibility index (Phi) is 3.38. The number of aromatic nitrogens is 2. The van der Waals surface area contributed by atoms with Gasteiger partial charge in [-0.1, -0.05) is 11.6 Å². The summed E-state index contributed by atoms with van der Waals surface area (Å²) < 4.78 is 7.67. The fraction of sp³-hybridized carbons (Fsp3) is 0.667. The summed E-state index contributed by atoms with van der Waals surface area (Å²) >= 11 is 7.66. The lowest BCUT2D eigenvalue weighted by atomic mass is 9.90. The Balaban J connectivity index is 1.85. The van der Waals surface area contributed by atoms with Crippen LogP contribution in [0.3, 0.4) is 0 Å². The first-order chi connectivity index (χ1) is 8.69. The predicted molar refractivity (Wildman–Crippen MR) is 72.4 cm³/mol. The molecule has 1 spiro atoms. The topological polar surface area (TPSA) is 44.1 Å². The molecule has 2 atom stereocenters. The molecule has 4 nitrogen and oxygen atoms in total. The van der Waals surface area contributed by atoms with Crippen molar-refractivity contribution in [2.24, 2.45) is 0 Å². The van der Waals surface area contributed by atoms with E-state index < -0.39 is 0 Å². The molecule has 6 heteroatoms. The third-order valence-electron chi connectivity index (χ3n) is 3.73. The number of hydrogen-bond donors (Lipinski definition) is 0. The van der Waals surface area contributed by atoms with E-state index in [0.717, 1.165) is 37.4 Å². The van der Waals surface area contributed by atoms with Crippen molar-refractivity contribution >= 4 is 23.4 Å². The second-order valence-electron chi connectivity index (χ2n) is 4.94. The Morgan fingerprint density at radius 1 is 1.61 bits per heavy atom. The number of rotatable bonds is 1. The molecule has 2 aliphatic heterocycles. The van der Waals surface area contributed by atoms with Gasteiger partial charge in [0.05, 0.1) is 11.9 Å². The van der Waals surface area contributed by atoms with Crippen LogP contribution in [0.5, 0.6) is 0 Å². The van der Waals surface area contributed by atoms with Gasteiger partial charge in [0.2, 0.25) is 0 Å². The number of thioether (sulfide) groups is 1. The summed E-state index contributed by atoms with van der Waals surface area (Å²) in [6, 6.07) is 1.57. The van der Waals surface area contributed by atoms with Crippen molar-refractivity contribution in [1.29, 1.82) is 0 Å². The summed E-state index contributed by atoms with van der Waals surface area (Å²) in [4.78, 5) is 15.9. The number of halogens is 1. The van der Waals surface area contributed by atoms with E-state index in [9.17, 15) is 4.79 Å². The largest absolute Gasteiger partial charge is 0.374 e. The van der Waals surface area contributed by atoms with E-state index in [0.29, 0.717) is 0 Å². The lowest BCUT2D eigenvalue weighted by Gasteiger charge is -2.38. The van der Waals surface area contributed by atoms with Crippen LogP contribution in [0.25, 0.3) is 0 Å². The molecule has 3 heterocycles.